The van der Waals surface area contributed by atoms with Crippen LogP contribution in [0.3, 0.4) is 0 Å². The van der Waals surface area contributed by atoms with Gasteiger partial charge in [0, 0.05) is 25.8 Å². The van der Waals surface area contributed by atoms with Crippen molar-refractivity contribution in [3.05, 3.63) is 41.0 Å². The summed E-state index contributed by atoms with van der Waals surface area (Å²) in [6, 6.07) is 9.82. The number of nitrogens with one attached hydrogen (secondary N) is 1. The summed E-state index contributed by atoms with van der Waals surface area (Å²) in [6.07, 6.45) is 2.87. The molecule has 2 aromatic rings. The molecule has 0 radical (unpaired) electrons. The van der Waals surface area contributed by atoms with Crippen LogP contribution in [0, 0.1) is 18.3 Å². The van der Waals surface area contributed by atoms with Gasteiger partial charge >= 0.3 is 0 Å². The molecule has 186 valence electrons. The first-order chi connectivity index (χ1) is 16.7. The van der Waals surface area contributed by atoms with Crippen LogP contribution in [-0.4, -0.2) is 60.7 Å². The fourth-order valence-corrected chi connectivity index (χ4v) is 7.22. The standard InChI is InChI=1S/C24H28ClN5O4S/c1-16-12-22(30(28-16)17-6-10-34-11-7-17)29-14-18(35(32,33)21-5-3-2-4-19(21)25)13-20(29)23(31)27-24(15-26)8-9-24/h2-5,12,17-18,20H,6-11,13-14H2,1H3,(H,27,31)/t18-,20+/m1/s1. The molecule has 1 aromatic carbocycles. The maximum atomic E-state index is 13.6. The van der Waals surface area contributed by atoms with Crippen molar-refractivity contribution < 1.29 is 17.9 Å². The predicted octanol–water partition coefficient (Wildman–Crippen LogP) is 2.79. The zero-order valence-corrected chi connectivity index (χ0v) is 21.1. The van der Waals surface area contributed by atoms with E-state index in [1.54, 1.807) is 18.2 Å². The largest absolute Gasteiger partial charge is 0.381 e. The van der Waals surface area contributed by atoms with E-state index < -0.39 is 26.7 Å². The van der Waals surface area contributed by atoms with Gasteiger partial charge in [-0.2, -0.15) is 10.4 Å². The van der Waals surface area contributed by atoms with Crippen LogP contribution in [0.4, 0.5) is 5.82 Å². The first kappa shape index (κ1) is 24.1. The van der Waals surface area contributed by atoms with E-state index in [1.807, 2.05) is 22.6 Å². The second kappa shape index (κ2) is 9.12. The highest BCUT2D eigenvalue weighted by Gasteiger charge is 2.50. The highest BCUT2D eigenvalue weighted by atomic mass is 35.5. The molecular formula is C24H28ClN5O4S. The fourth-order valence-electron chi connectivity index (χ4n) is 5.00. The molecule has 2 atom stereocenters. The van der Waals surface area contributed by atoms with Gasteiger partial charge in [-0.15, -0.1) is 0 Å². The van der Waals surface area contributed by atoms with Crippen molar-refractivity contribution in [3.8, 4) is 6.07 Å². The molecular weight excluding hydrogens is 490 g/mol. The Hall–Kier alpha value is -2.61. The summed E-state index contributed by atoms with van der Waals surface area (Å²) in [5.41, 5.74) is -0.0574. The molecule has 2 aliphatic heterocycles. The molecule has 3 heterocycles. The van der Waals surface area contributed by atoms with Crippen LogP contribution >= 0.6 is 11.6 Å². The number of halogens is 1. The van der Waals surface area contributed by atoms with Gasteiger partial charge in [-0.3, -0.25) is 4.79 Å². The zero-order valence-electron chi connectivity index (χ0n) is 19.5. The van der Waals surface area contributed by atoms with Crippen molar-refractivity contribution in [1.82, 2.24) is 15.1 Å². The van der Waals surface area contributed by atoms with Gasteiger partial charge in [0.05, 0.1) is 33.0 Å². The van der Waals surface area contributed by atoms with Gasteiger partial charge in [0.15, 0.2) is 9.84 Å². The molecule has 1 aromatic heterocycles. The molecule has 11 heteroatoms. The van der Waals surface area contributed by atoms with E-state index in [0.29, 0.717) is 31.9 Å². The minimum atomic E-state index is -3.81. The molecule has 5 rings (SSSR count). The summed E-state index contributed by atoms with van der Waals surface area (Å²) in [5.74, 6) is 0.381. The number of hydrogen-bond donors (Lipinski definition) is 1. The third-order valence-corrected chi connectivity index (χ3v) is 9.77. The zero-order chi connectivity index (χ0) is 24.8. The lowest BCUT2D eigenvalue weighted by Crippen LogP contribution is -2.48. The monoisotopic (exact) mass is 517 g/mol. The van der Waals surface area contributed by atoms with Crippen molar-refractivity contribution in [2.75, 3.05) is 24.7 Å². The average molecular weight is 518 g/mol. The Morgan fingerprint density at radius 1 is 1.29 bits per heavy atom. The summed E-state index contributed by atoms with van der Waals surface area (Å²) in [4.78, 5) is 15.4. The van der Waals surface area contributed by atoms with Crippen LogP contribution in [0.1, 0.15) is 43.8 Å². The quantitative estimate of drug-likeness (QED) is 0.626. The molecule has 0 unspecified atom stereocenters. The number of sulfone groups is 1. The number of aryl methyl sites for hydroxylation is 1. The van der Waals surface area contributed by atoms with Crippen molar-refractivity contribution >= 4 is 33.2 Å². The Kier molecular flexibility index (Phi) is 6.28. The van der Waals surface area contributed by atoms with Crippen LogP contribution in [-0.2, 0) is 19.4 Å². The van der Waals surface area contributed by atoms with Gasteiger partial charge in [0.1, 0.15) is 17.4 Å². The number of benzene rings is 1. The molecule has 9 nitrogen and oxygen atoms in total. The van der Waals surface area contributed by atoms with Gasteiger partial charge in [0.2, 0.25) is 5.91 Å². The number of carbonyl (C=O) groups excluding carboxylic acids is 1. The summed E-state index contributed by atoms with van der Waals surface area (Å²) in [5, 5.41) is 16.4. The Balaban J connectivity index is 1.51. The number of hydrogen-bond acceptors (Lipinski definition) is 7. The molecule has 1 amide bonds. The second-order valence-electron chi connectivity index (χ2n) is 9.62. The summed E-state index contributed by atoms with van der Waals surface area (Å²) in [7, 11) is -3.81. The number of rotatable bonds is 6. The van der Waals surface area contributed by atoms with E-state index >= 15 is 0 Å². The lowest BCUT2D eigenvalue weighted by Gasteiger charge is -2.30. The lowest BCUT2D eigenvalue weighted by molar-refractivity contribution is -0.122. The van der Waals surface area contributed by atoms with E-state index in [9.17, 15) is 18.5 Å². The van der Waals surface area contributed by atoms with Crippen LogP contribution in [0.2, 0.25) is 5.02 Å². The minimum Gasteiger partial charge on any atom is -0.381 e. The molecule has 1 N–H and O–H groups in total. The van der Waals surface area contributed by atoms with Gasteiger partial charge in [0.25, 0.3) is 0 Å². The fraction of sp³-hybridized carbons (Fsp3) is 0.542. The SMILES string of the molecule is Cc1cc(N2C[C@H](S(=O)(=O)c3ccccc3Cl)C[C@H]2C(=O)NC2(C#N)CC2)n(C2CCOCC2)n1. The first-order valence-electron chi connectivity index (χ1n) is 11.9. The molecule has 0 spiro atoms. The Morgan fingerprint density at radius 2 is 2.00 bits per heavy atom. The smallest absolute Gasteiger partial charge is 0.244 e. The number of nitriles is 1. The minimum absolute atomic E-state index is 0.0671. The highest BCUT2D eigenvalue weighted by Crippen LogP contribution is 2.39. The average Bonchev–Trinajstić information content (AvgIpc) is 3.29. The van der Waals surface area contributed by atoms with E-state index in [0.717, 1.165) is 18.5 Å². The maximum Gasteiger partial charge on any atom is 0.244 e. The van der Waals surface area contributed by atoms with Crippen LogP contribution in [0.25, 0.3) is 0 Å². The first-order valence-corrected chi connectivity index (χ1v) is 13.8. The normalized spacial score (nSPS) is 24.2. The highest BCUT2D eigenvalue weighted by molar-refractivity contribution is 7.92. The van der Waals surface area contributed by atoms with Crippen LogP contribution in [0.5, 0.6) is 0 Å². The maximum absolute atomic E-state index is 13.6. The lowest BCUT2D eigenvalue weighted by atomic mass is 10.1. The number of amides is 1. The van der Waals surface area contributed by atoms with Gasteiger partial charge < -0.3 is 15.0 Å². The Bertz CT molecular complexity index is 1280. The topological polar surface area (TPSA) is 117 Å². The summed E-state index contributed by atoms with van der Waals surface area (Å²) >= 11 is 6.25. The van der Waals surface area contributed by atoms with Crippen molar-refractivity contribution in [2.24, 2.45) is 0 Å². The third kappa shape index (κ3) is 4.53. The van der Waals surface area contributed by atoms with E-state index in [2.05, 4.69) is 11.4 Å². The van der Waals surface area contributed by atoms with E-state index in [-0.39, 0.29) is 34.8 Å². The van der Waals surface area contributed by atoms with Gasteiger partial charge in [-0.1, -0.05) is 23.7 Å². The molecule has 3 fully saturated rings. The van der Waals surface area contributed by atoms with E-state index in [1.165, 1.54) is 6.07 Å². The van der Waals surface area contributed by atoms with Crippen LogP contribution < -0.4 is 10.2 Å². The molecule has 0 bridgehead atoms. The number of carbonyl (C=O) groups is 1. The van der Waals surface area contributed by atoms with Crippen LogP contribution in [0.15, 0.2) is 35.2 Å². The van der Waals surface area contributed by atoms with Crippen molar-refractivity contribution in [3.63, 3.8) is 0 Å². The number of aromatic nitrogens is 2. The van der Waals surface area contributed by atoms with Gasteiger partial charge in [-0.05, 0) is 51.2 Å². The molecule has 35 heavy (non-hydrogen) atoms. The van der Waals surface area contributed by atoms with Gasteiger partial charge in [-0.25, -0.2) is 13.1 Å². The number of ether oxygens (including phenoxy) is 1. The molecule has 3 aliphatic rings. The summed E-state index contributed by atoms with van der Waals surface area (Å²) < 4.78 is 34.6. The predicted molar refractivity (Wildman–Crippen MR) is 130 cm³/mol. The number of nitrogens with zero attached hydrogens (tertiary/aromatic N) is 4. The molecule has 2 saturated heterocycles. The molecule has 1 saturated carbocycles. The summed E-state index contributed by atoms with van der Waals surface area (Å²) in [6.45, 7) is 3.26. The second-order valence-corrected chi connectivity index (χ2v) is 12.2. The Morgan fingerprint density at radius 3 is 2.66 bits per heavy atom. The third-order valence-electron chi connectivity index (χ3n) is 7.14. The Labute approximate surface area is 209 Å². The molecule has 1 aliphatic carbocycles. The van der Waals surface area contributed by atoms with Crippen molar-refractivity contribution in [1.29, 1.82) is 5.26 Å². The number of anilines is 1. The van der Waals surface area contributed by atoms with Crippen molar-refractivity contribution in [2.45, 2.75) is 66.8 Å². The van der Waals surface area contributed by atoms with E-state index in [4.69, 9.17) is 21.4 Å².